The molecule has 1 aromatic heterocycles. The molecule has 0 spiro atoms. The third kappa shape index (κ3) is 8.35. The van der Waals surface area contributed by atoms with Gasteiger partial charge in [0, 0.05) is 44.5 Å². The van der Waals surface area contributed by atoms with Crippen LogP contribution in [0.1, 0.15) is 38.8 Å². The molecular formula is C19H34IN5. The van der Waals surface area contributed by atoms with Crippen molar-refractivity contribution < 1.29 is 0 Å². The van der Waals surface area contributed by atoms with Gasteiger partial charge in [0.15, 0.2) is 5.96 Å². The Morgan fingerprint density at radius 3 is 2.60 bits per heavy atom. The van der Waals surface area contributed by atoms with E-state index in [1.54, 1.807) is 0 Å². The van der Waals surface area contributed by atoms with E-state index in [1.165, 1.54) is 32.4 Å². The number of nitrogens with one attached hydrogen (secondary N) is 2. The molecule has 0 amide bonds. The Balaban J connectivity index is 0.00000312. The van der Waals surface area contributed by atoms with Gasteiger partial charge in [0.2, 0.25) is 0 Å². The Bertz CT molecular complexity index is 486. The molecule has 5 nitrogen and oxygen atoms in total. The molecule has 0 aliphatic carbocycles. The van der Waals surface area contributed by atoms with Crippen molar-refractivity contribution in [2.45, 2.75) is 45.6 Å². The van der Waals surface area contributed by atoms with Crippen LogP contribution < -0.4 is 10.6 Å². The Hall–Kier alpha value is -0.890. The third-order valence-corrected chi connectivity index (χ3v) is 4.53. The van der Waals surface area contributed by atoms with E-state index in [0.29, 0.717) is 6.04 Å². The number of rotatable bonds is 8. The van der Waals surface area contributed by atoms with Gasteiger partial charge >= 0.3 is 0 Å². The lowest BCUT2D eigenvalue weighted by molar-refractivity contribution is 0.213. The lowest BCUT2D eigenvalue weighted by Crippen LogP contribution is -2.47. The fourth-order valence-corrected chi connectivity index (χ4v) is 3.30. The van der Waals surface area contributed by atoms with E-state index in [1.807, 2.05) is 25.4 Å². The van der Waals surface area contributed by atoms with Gasteiger partial charge in [0.05, 0.1) is 0 Å². The molecule has 2 heterocycles. The zero-order valence-corrected chi connectivity index (χ0v) is 18.2. The third-order valence-electron chi connectivity index (χ3n) is 4.53. The topological polar surface area (TPSA) is 52.6 Å². The number of aliphatic imine (C=N–C) groups is 1. The molecule has 0 bridgehead atoms. The molecule has 1 aromatic rings. The maximum atomic E-state index is 4.35. The van der Waals surface area contributed by atoms with E-state index < -0.39 is 0 Å². The molecule has 25 heavy (non-hydrogen) atoms. The van der Waals surface area contributed by atoms with Crippen LogP contribution in [0.2, 0.25) is 0 Å². The molecule has 1 aliphatic rings. The average Bonchev–Trinajstić information content (AvgIpc) is 3.11. The highest BCUT2D eigenvalue weighted by atomic mass is 127. The number of likely N-dealkylation sites (tertiary alicyclic amines) is 1. The summed E-state index contributed by atoms with van der Waals surface area (Å²) in [5.74, 6) is 1.61. The molecular weight excluding hydrogens is 425 g/mol. The number of hydrogen-bond acceptors (Lipinski definition) is 3. The summed E-state index contributed by atoms with van der Waals surface area (Å²) in [6.07, 6.45) is 6.66. The van der Waals surface area contributed by atoms with Gasteiger partial charge in [-0.1, -0.05) is 19.9 Å². The predicted molar refractivity (Wildman–Crippen MR) is 117 cm³/mol. The summed E-state index contributed by atoms with van der Waals surface area (Å²) in [4.78, 5) is 11.3. The van der Waals surface area contributed by atoms with Gasteiger partial charge in [-0.2, -0.15) is 0 Å². The summed E-state index contributed by atoms with van der Waals surface area (Å²) in [6.45, 7) is 8.90. The molecule has 0 saturated carbocycles. The van der Waals surface area contributed by atoms with E-state index in [4.69, 9.17) is 0 Å². The highest BCUT2D eigenvalue weighted by Crippen LogP contribution is 2.17. The minimum absolute atomic E-state index is 0. The molecule has 1 atom stereocenters. The zero-order valence-electron chi connectivity index (χ0n) is 15.9. The van der Waals surface area contributed by atoms with Crippen molar-refractivity contribution in [1.82, 2.24) is 20.5 Å². The van der Waals surface area contributed by atoms with Crippen LogP contribution in [0.4, 0.5) is 0 Å². The minimum atomic E-state index is 0. The van der Waals surface area contributed by atoms with Gasteiger partial charge in [0.25, 0.3) is 0 Å². The normalized spacial score (nSPS) is 16.6. The van der Waals surface area contributed by atoms with Crippen molar-refractivity contribution in [3.05, 3.63) is 30.1 Å². The van der Waals surface area contributed by atoms with E-state index in [-0.39, 0.29) is 24.0 Å². The van der Waals surface area contributed by atoms with Crippen molar-refractivity contribution >= 4 is 29.9 Å². The van der Waals surface area contributed by atoms with Crippen LogP contribution in [0.15, 0.2) is 29.4 Å². The average molecular weight is 459 g/mol. The Morgan fingerprint density at radius 2 is 2.00 bits per heavy atom. The van der Waals surface area contributed by atoms with E-state index in [0.717, 1.165) is 37.1 Å². The largest absolute Gasteiger partial charge is 0.356 e. The Labute approximate surface area is 170 Å². The lowest BCUT2D eigenvalue weighted by Gasteiger charge is -2.29. The van der Waals surface area contributed by atoms with Crippen LogP contribution in [0, 0.1) is 5.92 Å². The Morgan fingerprint density at radius 1 is 1.24 bits per heavy atom. The molecule has 1 saturated heterocycles. The summed E-state index contributed by atoms with van der Waals surface area (Å²) in [5.41, 5.74) is 1.11. The maximum absolute atomic E-state index is 4.35. The first-order valence-corrected chi connectivity index (χ1v) is 9.27. The minimum Gasteiger partial charge on any atom is -0.356 e. The fourth-order valence-electron chi connectivity index (χ4n) is 3.30. The fraction of sp³-hybridized carbons (Fsp3) is 0.684. The van der Waals surface area contributed by atoms with Crippen LogP contribution >= 0.6 is 24.0 Å². The molecule has 2 N–H and O–H groups in total. The van der Waals surface area contributed by atoms with E-state index >= 15 is 0 Å². The number of nitrogens with zero attached hydrogens (tertiary/aromatic N) is 3. The summed E-state index contributed by atoms with van der Waals surface area (Å²) in [6, 6.07) is 6.64. The molecule has 142 valence electrons. The standard InChI is InChI=1S/C19H33N5.HI/c1-16(2)14-18(24-12-6-7-13-24)15-23-19(20-3)22-11-9-17-8-4-5-10-21-17;/h4-5,8,10,16,18H,6-7,9,11-15H2,1-3H3,(H2,20,22,23);1H. The van der Waals surface area contributed by atoms with Crippen LogP contribution in [0.25, 0.3) is 0 Å². The van der Waals surface area contributed by atoms with Crippen molar-refractivity contribution in [2.24, 2.45) is 10.9 Å². The number of guanidine groups is 1. The van der Waals surface area contributed by atoms with E-state index in [9.17, 15) is 0 Å². The summed E-state index contributed by atoms with van der Waals surface area (Å²) in [5, 5.41) is 6.91. The summed E-state index contributed by atoms with van der Waals surface area (Å²) < 4.78 is 0. The monoisotopic (exact) mass is 459 g/mol. The molecule has 1 unspecified atom stereocenters. The van der Waals surface area contributed by atoms with Gasteiger partial charge in [-0.15, -0.1) is 24.0 Å². The van der Waals surface area contributed by atoms with Crippen molar-refractivity contribution in [2.75, 3.05) is 33.2 Å². The van der Waals surface area contributed by atoms with Crippen molar-refractivity contribution in [1.29, 1.82) is 0 Å². The van der Waals surface area contributed by atoms with Crippen molar-refractivity contribution in [3.63, 3.8) is 0 Å². The van der Waals surface area contributed by atoms with Crippen LogP contribution in [0.3, 0.4) is 0 Å². The highest BCUT2D eigenvalue weighted by molar-refractivity contribution is 14.0. The quantitative estimate of drug-likeness (QED) is 0.357. The number of pyridine rings is 1. The maximum Gasteiger partial charge on any atom is 0.191 e. The van der Waals surface area contributed by atoms with Gasteiger partial charge in [-0.05, 0) is 50.4 Å². The first-order valence-electron chi connectivity index (χ1n) is 9.27. The van der Waals surface area contributed by atoms with Gasteiger partial charge in [-0.25, -0.2) is 0 Å². The summed E-state index contributed by atoms with van der Waals surface area (Å²) in [7, 11) is 1.84. The van der Waals surface area contributed by atoms with Crippen molar-refractivity contribution in [3.8, 4) is 0 Å². The van der Waals surface area contributed by atoms with E-state index in [2.05, 4.69) is 45.4 Å². The molecule has 1 aliphatic heterocycles. The van der Waals surface area contributed by atoms with Crippen LogP contribution in [0.5, 0.6) is 0 Å². The van der Waals surface area contributed by atoms with Gasteiger partial charge in [-0.3, -0.25) is 14.9 Å². The zero-order chi connectivity index (χ0) is 17.2. The second-order valence-electron chi connectivity index (χ2n) is 6.98. The lowest BCUT2D eigenvalue weighted by atomic mass is 10.0. The molecule has 1 fully saturated rings. The number of hydrogen-bond donors (Lipinski definition) is 2. The molecule has 6 heteroatoms. The SMILES string of the molecule is CN=C(NCCc1ccccn1)NCC(CC(C)C)N1CCCC1.I. The van der Waals surface area contributed by atoms with Gasteiger partial charge < -0.3 is 10.6 Å². The first-order chi connectivity index (χ1) is 11.7. The second-order valence-corrected chi connectivity index (χ2v) is 6.98. The number of aromatic nitrogens is 1. The first kappa shape index (κ1) is 22.2. The molecule has 0 radical (unpaired) electrons. The molecule has 2 rings (SSSR count). The predicted octanol–water partition coefficient (Wildman–Crippen LogP) is 2.92. The summed E-state index contributed by atoms with van der Waals surface area (Å²) >= 11 is 0. The smallest absolute Gasteiger partial charge is 0.191 e. The number of halogens is 1. The van der Waals surface area contributed by atoms with Gasteiger partial charge in [0.1, 0.15) is 0 Å². The highest BCUT2D eigenvalue weighted by Gasteiger charge is 2.22. The molecule has 0 aromatic carbocycles. The second kappa shape index (κ2) is 12.5. The van der Waals surface area contributed by atoms with Crippen LogP contribution in [-0.4, -0.2) is 55.1 Å². The Kier molecular flexibility index (Phi) is 11.0. The van der Waals surface area contributed by atoms with Crippen LogP contribution in [-0.2, 0) is 6.42 Å².